The van der Waals surface area contributed by atoms with Gasteiger partial charge in [0.15, 0.2) is 11.5 Å². The number of hydrogen-bond acceptors (Lipinski definition) is 3. The van der Waals surface area contributed by atoms with Gasteiger partial charge in [-0.3, -0.25) is 0 Å². The van der Waals surface area contributed by atoms with Gasteiger partial charge in [0, 0.05) is 6.07 Å². The largest absolute Gasteiger partial charge is 0.496 e. The van der Waals surface area contributed by atoms with E-state index in [4.69, 9.17) is 14.2 Å². The van der Waals surface area contributed by atoms with E-state index in [1.807, 2.05) is 12.1 Å². The minimum absolute atomic E-state index is 0.715. The van der Waals surface area contributed by atoms with Crippen LogP contribution in [0.1, 0.15) is 19.4 Å². The molecule has 0 unspecified atom stereocenters. The van der Waals surface area contributed by atoms with E-state index in [2.05, 4.69) is 13.8 Å². The lowest BCUT2D eigenvalue weighted by atomic mass is 10.1. The van der Waals surface area contributed by atoms with Crippen LogP contribution in [-0.2, 0) is 6.54 Å². The van der Waals surface area contributed by atoms with Crippen molar-refractivity contribution < 1.29 is 24.0 Å². The van der Waals surface area contributed by atoms with Crippen molar-refractivity contribution >= 4 is 0 Å². The van der Waals surface area contributed by atoms with E-state index in [0.717, 1.165) is 24.1 Å². The zero-order valence-electron chi connectivity index (χ0n) is 14.5. The van der Waals surface area contributed by atoms with E-state index in [1.54, 1.807) is 31.1 Å². The van der Waals surface area contributed by atoms with Crippen LogP contribution in [0.3, 0.4) is 0 Å². The summed E-state index contributed by atoms with van der Waals surface area (Å²) >= 11 is 0. The van der Waals surface area contributed by atoms with Crippen LogP contribution in [0.15, 0.2) is 12.1 Å². The van der Waals surface area contributed by atoms with E-state index in [0.29, 0.717) is 5.75 Å². The molecular formula is C17H30N2O3+2. The average molecular weight is 310 g/mol. The van der Waals surface area contributed by atoms with E-state index in [9.17, 15) is 0 Å². The maximum Gasteiger partial charge on any atom is 0.164 e. The fraction of sp³-hybridized carbons (Fsp3) is 0.647. The smallest absolute Gasteiger partial charge is 0.164 e. The van der Waals surface area contributed by atoms with Gasteiger partial charge in [-0.2, -0.15) is 0 Å². The average Bonchev–Trinajstić information content (AvgIpc) is 2.54. The normalized spacial score (nSPS) is 21.7. The predicted molar refractivity (Wildman–Crippen MR) is 86.3 cm³/mol. The van der Waals surface area contributed by atoms with E-state index >= 15 is 0 Å². The Balaban J connectivity index is 2.09. The lowest BCUT2D eigenvalue weighted by Crippen LogP contribution is -3.28. The molecule has 0 aliphatic carbocycles. The Kier molecular flexibility index (Phi) is 5.91. The summed E-state index contributed by atoms with van der Waals surface area (Å²) in [5, 5.41) is 0. The molecule has 1 aliphatic heterocycles. The Morgan fingerprint density at radius 2 is 1.41 bits per heavy atom. The number of ether oxygens (including phenoxy) is 3. The highest BCUT2D eigenvalue weighted by Crippen LogP contribution is 2.34. The Labute approximate surface area is 133 Å². The quantitative estimate of drug-likeness (QED) is 0.737. The molecule has 5 nitrogen and oxygen atoms in total. The summed E-state index contributed by atoms with van der Waals surface area (Å²) in [6, 6.07) is 4.69. The summed E-state index contributed by atoms with van der Waals surface area (Å²) < 4.78 is 16.3. The van der Waals surface area contributed by atoms with Crippen LogP contribution in [0.2, 0.25) is 0 Å². The first kappa shape index (κ1) is 16.9. The molecule has 0 aromatic heterocycles. The Hall–Kier alpha value is -1.46. The molecule has 0 saturated carbocycles. The molecule has 0 atom stereocenters. The third kappa shape index (κ3) is 3.84. The molecule has 2 rings (SSSR count). The van der Waals surface area contributed by atoms with Gasteiger partial charge in [-0.25, -0.2) is 0 Å². The van der Waals surface area contributed by atoms with Crippen LogP contribution in [0, 0.1) is 0 Å². The van der Waals surface area contributed by atoms with Crippen molar-refractivity contribution in [3.63, 3.8) is 0 Å². The lowest BCUT2D eigenvalue weighted by molar-refractivity contribution is -1.03. The molecule has 0 bridgehead atoms. The van der Waals surface area contributed by atoms with Crippen molar-refractivity contribution in [2.75, 3.05) is 47.5 Å². The third-order valence-electron chi connectivity index (χ3n) is 4.64. The number of hydrogen-bond donors (Lipinski definition) is 2. The molecule has 1 aromatic rings. The van der Waals surface area contributed by atoms with Crippen molar-refractivity contribution in [1.82, 2.24) is 0 Å². The third-order valence-corrected chi connectivity index (χ3v) is 4.64. The van der Waals surface area contributed by atoms with Crippen LogP contribution < -0.4 is 24.0 Å². The number of benzene rings is 1. The number of methoxy groups -OCH3 is 3. The topological polar surface area (TPSA) is 36.6 Å². The van der Waals surface area contributed by atoms with Crippen molar-refractivity contribution in [2.24, 2.45) is 0 Å². The summed E-state index contributed by atoms with van der Waals surface area (Å²) in [5.41, 5.74) is 1.18. The van der Waals surface area contributed by atoms with Gasteiger partial charge in [0.2, 0.25) is 0 Å². The van der Waals surface area contributed by atoms with Crippen molar-refractivity contribution in [2.45, 2.75) is 26.4 Å². The first-order valence-corrected chi connectivity index (χ1v) is 8.06. The number of quaternary nitrogens is 2. The van der Waals surface area contributed by atoms with Gasteiger partial charge in [-0.05, 0) is 19.9 Å². The molecule has 5 heteroatoms. The monoisotopic (exact) mass is 310 g/mol. The molecular weight excluding hydrogens is 280 g/mol. The van der Waals surface area contributed by atoms with Gasteiger partial charge in [0.1, 0.15) is 38.5 Å². The van der Waals surface area contributed by atoms with Gasteiger partial charge in [-0.15, -0.1) is 0 Å². The van der Waals surface area contributed by atoms with E-state index in [-0.39, 0.29) is 0 Å². The van der Waals surface area contributed by atoms with Crippen LogP contribution in [0.25, 0.3) is 0 Å². The fourth-order valence-corrected chi connectivity index (χ4v) is 3.18. The van der Waals surface area contributed by atoms with Crippen LogP contribution >= 0.6 is 0 Å². The molecule has 0 radical (unpaired) electrons. The summed E-state index contributed by atoms with van der Waals surface area (Å²) in [4.78, 5) is 3.32. The standard InChI is InChI=1S/C17H28N2O3/c1-13(2)19-8-6-18(7-9-19)12-14-10-16(21-4)17(22-5)11-15(14)20-3/h10-11,13H,6-9,12H2,1-5H3/p+2. The van der Waals surface area contributed by atoms with Gasteiger partial charge >= 0.3 is 0 Å². The number of piperazine rings is 1. The first-order valence-electron chi connectivity index (χ1n) is 8.06. The predicted octanol–water partition coefficient (Wildman–Crippen LogP) is -0.596. The molecule has 1 saturated heterocycles. The maximum absolute atomic E-state index is 5.53. The zero-order chi connectivity index (χ0) is 16.1. The van der Waals surface area contributed by atoms with Crippen molar-refractivity contribution in [3.8, 4) is 17.2 Å². The van der Waals surface area contributed by atoms with Crippen LogP contribution in [0.4, 0.5) is 0 Å². The second-order valence-electron chi connectivity index (χ2n) is 6.26. The summed E-state index contributed by atoms with van der Waals surface area (Å²) in [6.45, 7) is 10.4. The number of nitrogens with one attached hydrogen (secondary N) is 2. The maximum atomic E-state index is 5.53. The van der Waals surface area contributed by atoms with Crippen LogP contribution in [0.5, 0.6) is 17.2 Å². The summed E-state index contributed by atoms with van der Waals surface area (Å²) in [6.07, 6.45) is 0. The molecule has 0 amide bonds. The molecule has 1 heterocycles. The van der Waals surface area contributed by atoms with Gasteiger partial charge in [-0.1, -0.05) is 0 Å². The second kappa shape index (κ2) is 7.70. The summed E-state index contributed by atoms with van der Waals surface area (Å²) in [7, 11) is 5.03. The Bertz CT molecular complexity index is 483. The second-order valence-corrected chi connectivity index (χ2v) is 6.26. The van der Waals surface area contributed by atoms with Gasteiger partial charge in [0.25, 0.3) is 0 Å². The zero-order valence-corrected chi connectivity index (χ0v) is 14.5. The highest BCUT2D eigenvalue weighted by Gasteiger charge is 2.26. The van der Waals surface area contributed by atoms with Gasteiger partial charge in [0.05, 0.1) is 32.9 Å². The minimum atomic E-state index is 0.715. The summed E-state index contributed by atoms with van der Waals surface area (Å²) in [5.74, 6) is 2.36. The molecule has 1 aliphatic rings. The molecule has 22 heavy (non-hydrogen) atoms. The van der Waals surface area contributed by atoms with Crippen molar-refractivity contribution in [1.29, 1.82) is 0 Å². The molecule has 0 spiro atoms. The first-order chi connectivity index (χ1) is 10.6. The Morgan fingerprint density at radius 3 is 1.91 bits per heavy atom. The fourth-order valence-electron chi connectivity index (χ4n) is 3.18. The molecule has 1 fully saturated rings. The number of rotatable bonds is 6. The minimum Gasteiger partial charge on any atom is -0.496 e. The van der Waals surface area contributed by atoms with Crippen molar-refractivity contribution in [3.05, 3.63) is 17.7 Å². The SMILES string of the molecule is COc1cc(OC)c(OC)cc1C[NH+]1CC[NH+](C(C)C)CC1. The lowest BCUT2D eigenvalue weighted by Gasteiger charge is -2.32. The highest BCUT2D eigenvalue weighted by molar-refractivity contribution is 5.50. The van der Waals surface area contributed by atoms with E-state index < -0.39 is 0 Å². The van der Waals surface area contributed by atoms with Crippen LogP contribution in [-0.4, -0.2) is 53.6 Å². The molecule has 2 N–H and O–H groups in total. The molecule has 124 valence electrons. The highest BCUT2D eigenvalue weighted by atomic mass is 16.5. The molecule has 1 aromatic carbocycles. The van der Waals surface area contributed by atoms with Gasteiger partial charge < -0.3 is 24.0 Å². The van der Waals surface area contributed by atoms with E-state index in [1.165, 1.54) is 31.7 Å². The Morgan fingerprint density at radius 1 is 0.864 bits per heavy atom.